The maximum absolute atomic E-state index is 13.7. The van der Waals surface area contributed by atoms with Crippen molar-refractivity contribution in [3.05, 3.63) is 80.7 Å². The first kappa shape index (κ1) is 28.2. The Balaban J connectivity index is 1.35. The van der Waals surface area contributed by atoms with Gasteiger partial charge in [-0.1, -0.05) is 29.6 Å². The SMILES string of the molecule is CSNC(=O)c1nc(Cl)ccc1NC(C)c1cc(C)cc2c(=O)n(C)c(N3CC4CC3CN4c3ccc(F)cn3)nc12. The molecular formula is C29H30ClFN8O2S. The minimum atomic E-state index is -0.364. The molecule has 2 N–H and O–H groups in total. The molecule has 13 heteroatoms. The lowest BCUT2D eigenvalue weighted by molar-refractivity contribution is 0.0980. The van der Waals surface area contributed by atoms with Crippen molar-refractivity contribution in [1.29, 1.82) is 0 Å². The number of pyridine rings is 2. The average Bonchev–Trinajstić information content (AvgIpc) is 3.58. The number of rotatable bonds is 7. The third kappa shape index (κ3) is 5.02. The molecule has 0 radical (unpaired) electrons. The smallest absolute Gasteiger partial charge is 0.281 e. The van der Waals surface area contributed by atoms with Crippen molar-refractivity contribution >= 4 is 57.8 Å². The number of nitrogens with one attached hydrogen (secondary N) is 2. The molecule has 2 bridgehead atoms. The summed E-state index contributed by atoms with van der Waals surface area (Å²) < 4.78 is 17.7. The highest BCUT2D eigenvalue weighted by Gasteiger charge is 2.45. The molecule has 218 valence electrons. The van der Waals surface area contributed by atoms with Crippen LogP contribution in [0.2, 0.25) is 5.15 Å². The highest BCUT2D eigenvalue weighted by molar-refractivity contribution is 7.97. The minimum absolute atomic E-state index is 0.125. The monoisotopic (exact) mass is 608 g/mol. The van der Waals surface area contributed by atoms with E-state index >= 15 is 0 Å². The maximum Gasteiger partial charge on any atom is 0.281 e. The van der Waals surface area contributed by atoms with Crippen LogP contribution in [-0.2, 0) is 7.05 Å². The van der Waals surface area contributed by atoms with Gasteiger partial charge in [-0.2, -0.15) is 0 Å². The van der Waals surface area contributed by atoms with Crippen molar-refractivity contribution in [1.82, 2.24) is 24.2 Å². The number of piperazine rings is 1. The normalized spacial score (nSPS) is 18.5. The molecule has 4 aromatic rings. The second-order valence-electron chi connectivity index (χ2n) is 10.7. The van der Waals surface area contributed by atoms with Crippen LogP contribution in [0.15, 0.2) is 47.4 Å². The standard InChI is InChI=1S/C29H30ClFN8O2S/c1-15-9-20(16(2)33-22-6-7-23(30)34-26(22)27(40)36-42-4)25-21(10-15)28(41)37(3)29(35-25)39-14-18-11-19(39)13-38(18)24-8-5-17(31)12-32-24/h5-10,12,16,18-19,33H,11,13-14H2,1-4H3,(H,36,40). The van der Waals surface area contributed by atoms with Gasteiger partial charge in [0.25, 0.3) is 11.5 Å². The van der Waals surface area contributed by atoms with E-state index in [2.05, 4.69) is 29.8 Å². The molecule has 2 aliphatic rings. The topological polar surface area (TPSA) is 108 Å². The molecule has 2 fully saturated rings. The summed E-state index contributed by atoms with van der Waals surface area (Å²) in [5.41, 5.74) is 2.93. The van der Waals surface area contributed by atoms with Gasteiger partial charge >= 0.3 is 0 Å². The van der Waals surface area contributed by atoms with Crippen molar-refractivity contribution in [2.45, 2.75) is 38.4 Å². The summed E-state index contributed by atoms with van der Waals surface area (Å²) in [6.07, 6.45) is 3.89. The van der Waals surface area contributed by atoms with Gasteiger partial charge in [0.05, 0.1) is 40.9 Å². The summed E-state index contributed by atoms with van der Waals surface area (Å²) in [4.78, 5) is 44.4. The molecular weight excluding hydrogens is 579 g/mol. The van der Waals surface area contributed by atoms with Gasteiger partial charge in [0.2, 0.25) is 5.95 Å². The number of carbonyl (C=O) groups is 1. The van der Waals surface area contributed by atoms with Gasteiger partial charge in [-0.25, -0.2) is 19.3 Å². The third-order valence-corrected chi connectivity index (χ3v) is 8.54. The second kappa shape index (κ2) is 11.1. The molecule has 6 rings (SSSR count). The van der Waals surface area contributed by atoms with Crippen molar-refractivity contribution in [3.63, 3.8) is 0 Å². The highest BCUT2D eigenvalue weighted by atomic mass is 35.5. The zero-order valence-corrected chi connectivity index (χ0v) is 25.1. The van der Waals surface area contributed by atoms with Gasteiger partial charge in [-0.15, -0.1) is 0 Å². The number of halogens is 2. The van der Waals surface area contributed by atoms with Crippen LogP contribution in [0.4, 0.5) is 21.8 Å². The molecule has 10 nitrogen and oxygen atoms in total. The lowest BCUT2D eigenvalue weighted by Gasteiger charge is -2.36. The summed E-state index contributed by atoms with van der Waals surface area (Å²) in [6.45, 7) is 5.29. The first-order chi connectivity index (χ1) is 20.1. The fourth-order valence-corrected chi connectivity index (χ4v) is 6.47. The Bertz CT molecular complexity index is 1750. The fourth-order valence-electron chi connectivity index (χ4n) is 6.04. The summed E-state index contributed by atoms with van der Waals surface area (Å²) in [6, 6.07) is 10.4. The molecule has 0 saturated carbocycles. The summed E-state index contributed by atoms with van der Waals surface area (Å²) in [5, 5.41) is 4.14. The van der Waals surface area contributed by atoms with E-state index in [0.717, 1.165) is 23.4 Å². The van der Waals surface area contributed by atoms with Gasteiger partial charge < -0.3 is 15.1 Å². The minimum Gasteiger partial charge on any atom is -0.377 e. The van der Waals surface area contributed by atoms with E-state index in [1.165, 1.54) is 24.2 Å². The number of anilines is 3. The van der Waals surface area contributed by atoms with E-state index < -0.39 is 0 Å². The number of fused-ring (bicyclic) bond motifs is 3. The van der Waals surface area contributed by atoms with Crippen molar-refractivity contribution in [2.75, 3.05) is 34.5 Å². The average molecular weight is 609 g/mol. The number of aromatic nitrogens is 4. The van der Waals surface area contributed by atoms with Crippen LogP contribution in [0, 0.1) is 12.7 Å². The van der Waals surface area contributed by atoms with E-state index in [-0.39, 0.29) is 46.3 Å². The maximum atomic E-state index is 13.7. The van der Waals surface area contributed by atoms with Crippen molar-refractivity contribution in [2.24, 2.45) is 7.05 Å². The molecule has 5 heterocycles. The number of nitrogens with zero attached hydrogens (tertiary/aromatic N) is 6. The van der Waals surface area contributed by atoms with Crippen LogP contribution in [0.3, 0.4) is 0 Å². The molecule has 3 unspecified atom stereocenters. The van der Waals surface area contributed by atoms with E-state index in [4.69, 9.17) is 16.6 Å². The van der Waals surface area contributed by atoms with Gasteiger partial charge in [-0.3, -0.25) is 18.9 Å². The zero-order chi connectivity index (χ0) is 29.7. The first-order valence-corrected chi connectivity index (χ1v) is 15.2. The molecule has 1 amide bonds. The molecule has 2 aliphatic heterocycles. The number of hydrogen-bond donors (Lipinski definition) is 2. The Morgan fingerprint density at radius 2 is 1.90 bits per heavy atom. The Hall–Kier alpha value is -3.90. The number of aryl methyl sites for hydroxylation is 1. The Labute approximate surface area is 251 Å². The quantitative estimate of drug-likeness (QED) is 0.232. The van der Waals surface area contributed by atoms with Crippen molar-refractivity contribution < 1.29 is 9.18 Å². The molecule has 2 saturated heterocycles. The Morgan fingerprint density at radius 3 is 2.60 bits per heavy atom. The predicted molar refractivity (Wildman–Crippen MR) is 165 cm³/mol. The third-order valence-electron chi connectivity index (χ3n) is 7.94. The van der Waals surface area contributed by atoms with E-state index in [0.29, 0.717) is 35.6 Å². The summed E-state index contributed by atoms with van der Waals surface area (Å²) in [5.74, 6) is 0.639. The van der Waals surface area contributed by atoms with E-state index in [1.807, 2.05) is 26.0 Å². The molecule has 42 heavy (non-hydrogen) atoms. The fraction of sp³-hybridized carbons (Fsp3) is 0.345. The number of hydrogen-bond acceptors (Lipinski definition) is 9. The molecule has 0 aliphatic carbocycles. The Kier molecular flexibility index (Phi) is 7.44. The number of benzene rings is 1. The van der Waals surface area contributed by atoms with Crippen molar-refractivity contribution in [3.8, 4) is 0 Å². The van der Waals surface area contributed by atoms with Crippen LogP contribution < -0.4 is 25.4 Å². The molecule has 3 aromatic heterocycles. The molecule has 3 atom stereocenters. The van der Waals surface area contributed by atoms with Crippen LogP contribution >= 0.6 is 23.5 Å². The second-order valence-corrected chi connectivity index (χ2v) is 11.7. The predicted octanol–water partition coefficient (Wildman–Crippen LogP) is 4.47. The molecule has 0 spiro atoms. The zero-order valence-electron chi connectivity index (χ0n) is 23.6. The van der Waals surface area contributed by atoms with Gasteiger partial charge in [0.1, 0.15) is 16.8 Å². The van der Waals surface area contributed by atoms with Crippen LogP contribution in [0.5, 0.6) is 0 Å². The van der Waals surface area contributed by atoms with Crippen LogP contribution in [0.1, 0.15) is 41.0 Å². The lowest BCUT2D eigenvalue weighted by Crippen LogP contribution is -2.48. The number of amides is 1. The summed E-state index contributed by atoms with van der Waals surface area (Å²) in [7, 11) is 1.76. The van der Waals surface area contributed by atoms with Crippen LogP contribution in [0.25, 0.3) is 10.9 Å². The Morgan fingerprint density at radius 1 is 1.14 bits per heavy atom. The van der Waals surface area contributed by atoms with E-state index in [1.54, 1.807) is 36.1 Å². The summed E-state index contributed by atoms with van der Waals surface area (Å²) >= 11 is 7.28. The van der Waals surface area contributed by atoms with Gasteiger partial charge in [0.15, 0.2) is 5.69 Å². The number of carbonyl (C=O) groups excluding carboxylic acids is 1. The van der Waals surface area contributed by atoms with E-state index in [9.17, 15) is 14.0 Å². The molecule has 1 aromatic carbocycles. The lowest BCUT2D eigenvalue weighted by atomic mass is 10.0. The largest absolute Gasteiger partial charge is 0.377 e. The van der Waals surface area contributed by atoms with Gasteiger partial charge in [0, 0.05) is 32.0 Å². The highest BCUT2D eigenvalue weighted by Crippen LogP contribution is 2.37. The first-order valence-electron chi connectivity index (χ1n) is 13.6. The van der Waals surface area contributed by atoms with Crippen LogP contribution in [-0.4, -0.2) is 56.9 Å². The van der Waals surface area contributed by atoms with Gasteiger partial charge in [-0.05, 0) is 56.2 Å².